The minimum absolute atomic E-state index is 0.0226. The van der Waals surface area contributed by atoms with Crippen molar-refractivity contribution in [1.29, 1.82) is 0 Å². The Labute approximate surface area is 144 Å². The van der Waals surface area contributed by atoms with Crippen LogP contribution in [0.25, 0.3) is 0 Å². The Balaban J connectivity index is 1.50. The van der Waals surface area contributed by atoms with E-state index < -0.39 is 0 Å². The molecular formula is C18H18N2O3S. The van der Waals surface area contributed by atoms with Gasteiger partial charge in [0.1, 0.15) is 0 Å². The van der Waals surface area contributed by atoms with Crippen molar-refractivity contribution in [1.82, 2.24) is 0 Å². The molecule has 0 unspecified atom stereocenters. The largest absolute Gasteiger partial charge is 0.326 e. The molecule has 1 heterocycles. The van der Waals surface area contributed by atoms with Crippen LogP contribution in [0.5, 0.6) is 0 Å². The fourth-order valence-corrected chi connectivity index (χ4v) is 2.97. The number of anilines is 2. The molecule has 24 heavy (non-hydrogen) atoms. The number of benzene rings is 1. The minimum Gasteiger partial charge on any atom is -0.326 e. The van der Waals surface area contributed by atoms with Crippen LogP contribution in [0.1, 0.15) is 35.4 Å². The van der Waals surface area contributed by atoms with Gasteiger partial charge < -0.3 is 10.6 Å². The number of amides is 2. The molecule has 124 valence electrons. The van der Waals surface area contributed by atoms with E-state index in [4.69, 9.17) is 0 Å². The fraction of sp³-hybridized carbons (Fsp3) is 0.278. The van der Waals surface area contributed by atoms with Crippen molar-refractivity contribution in [3.63, 3.8) is 0 Å². The maximum atomic E-state index is 12.0. The van der Waals surface area contributed by atoms with Gasteiger partial charge >= 0.3 is 0 Å². The number of thiophene rings is 1. The summed E-state index contributed by atoms with van der Waals surface area (Å²) >= 11 is 1.38. The Hall–Kier alpha value is -2.47. The number of rotatable bonds is 7. The van der Waals surface area contributed by atoms with Crippen molar-refractivity contribution in [3.8, 4) is 0 Å². The number of hydrogen-bond donors (Lipinski definition) is 2. The van der Waals surface area contributed by atoms with Crippen molar-refractivity contribution < 1.29 is 14.4 Å². The first-order valence-electron chi connectivity index (χ1n) is 7.89. The summed E-state index contributed by atoms with van der Waals surface area (Å²) in [6.45, 7) is 0. The second-order valence-electron chi connectivity index (χ2n) is 5.79. The number of Topliss-reactive ketones (excluding diaryl/α,β-unsaturated/α-hetero) is 1. The van der Waals surface area contributed by atoms with Crippen molar-refractivity contribution >= 4 is 40.3 Å². The van der Waals surface area contributed by atoms with Crippen molar-refractivity contribution in [2.75, 3.05) is 10.6 Å². The molecule has 1 aliphatic carbocycles. The van der Waals surface area contributed by atoms with E-state index in [-0.39, 0.29) is 36.4 Å². The molecule has 6 heteroatoms. The third-order valence-corrected chi connectivity index (χ3v) is 4.65. The molecule has 2 amide bonds. The second-order valence-corrected chi connectivity index (χ2v) is 6.74. The topological polar surface area (TPSA) is 75.3 Å². The third kappa shape index (κ3) is 4.52. The van der Waals surface area contributed by atoms with Crippen molar-refractivity contribution in [2.45, 2.75) is 25.7 Å². The number of hydrogen-bond acceptors (Lipinski definition) is 4. The van der Waals surface area contributed by atoms with E-state index in [1.807, 2.05) is 11.4 Å². The molecule has 1 aliphatic rings. The van der Waals surface area contributed by atoms with Crippen LogP contribution in [0, 0.1) is 5.92 Å². The number of ketones is 1. The van der Waals surface area contributed by atoms with Gasteiger partial charge in [-0.05, 0) is 42.5 Å². The molecule has 5 nitrogen and oxygen atoms in total. The lowest BCUT2D eigenvalue weighted by atomic mass is 10.2. The highest BCUT2D eigenvalue weighted by atomic mass is 32.1. The fourth-order valence-electron chi connectivity index (χ4n) is 2.28. The third-order valence-electron chi connectivity index (χ3n) is 3.74. The van der Waals surface area contributed by atoms with Gasteiger partial charge in [0.15, 0.2) is 5.78 Å². The predicted molar refractivity (Wildman–Crippen MR) is 94.3 cm³/mol. The highest BCUT2D eigenvalue weighted by Crippen LogP contribution is 2.30. The van der Waals surface area contributed by atoms with E-state index in [9.17, 15) is 14.4 Å². The maximum Gasteiger partial charge on any atom is 0.227 e. The van der Waals surface area contributed by atoms with Gasteiger partial charge in [-0.3, -0.25) is 14.4 Å². The first kappa shape index (κ1) is 16.4. The van der Waals surface area contributed by atoms with Crippen LogP contribution >= 0.6 is 11.3 Å². The van der Waals surface area contributed by atoms with Gasteiger partial charge in [0.2, 0.25) is 11.8 Å². The molecule has 1 fully saturated rings. The van der Waals surface area contributed by atoms with Crippen LogP contribution in [0.15, 0.2) is 41.8 Å². The number of nitrogens with one attached hydrogen (secondary N) is 2. The molecule has 1 saturated carbocycles. The molecule has 0 saturated heterocycles. The molecule has 0 aliphatic heterocycles. The SMILES string of the molecule is O=C(CCC(=O)c1cccs1)Nc1cccc(NC(=O)C2CC2)c1. The second kappa shape index (κ2) is 7.40. The molecule has 0 spiro atoms. The smallest absolute Gasteiger partial charge is 0.227 e. The molecule has 0 radical (unpaired) electrons. The van der Waals surface area contributed by atoms with Gasteiger partial charge in [0.05, 0.1) is 4.88 Å². The molecule has 0 bridgehead atoms. The van der Waals surface area contributed by atoms with Crippen molar-refractivity contribution in [3.05, 3.63) is 46.7 Å². The summed E-state index contributed by atoms with van der Waals surface area (Å²) in [7, 11) is 0. The number of carbonyl (C=O) groups excluding carboxylic acids is 3. The molecular weight excluding hydrogens is 324 g/mol. The Morgan fingerprint density at radius 2 is 1.75 bits per heavy atom. The summed E-state index contributed by atoms with van der Waals surface area (Å²) in [6, 6.07) is 10.6. The van der Waals surface area contributed by atoms with Crippen LogP contribution in [-0.4, -0.2) is 17.6 Å². The van der Waals surface area contributed by atoms with Gasteiger partial charge in [0.25, 0.3) is 0 Å². The van der Waals surface area contributed by atoms with Crippen LogP contribution in [0.3, 0.4) is 0 Å². The van der Waals surface area contributed by atoms with Crippen molar-refractivity contribution in [2.24, 2.45) is 5.92 Å². The lowest BCUT2D eigenvalue weighted by molar-refractivity contribution is -0.117. The maximum absolute atomic E-state index is 12.0. The average molecular weight is 342 g/mol. The van der Waals surface area contributed by atoms with Gasteiger partial charge in [-0.25, -0.2) is 0 Å². The lowest BCUT2D eigenvalue weighted by Crippen LogP contribution is -2.15. The van der Waals surface area contributed by atoms with Gasteiger partial charge in [-0.1, -0.05) is 12.1 Å². The molecule has 2 aromatic rings. The summed E-state index contributed by atoms with van der Waals surface area (Å²) < 4.78 is 0. The first-order chi connectivity index (χ1) is 11.6. The predicted octanol–water partition coefficient (Wildman–Crippen LogP) is 3.70. The number of carbonyl (C=O) groups is 3. The highest BCUT2D eigenvalue weighted by Gasteiger charge is 2.29. The van der Waals surface area contributed by atoms with E-state index >= 15 is 0 Å². The summed E-state index contributed by atoms with van der Waals surface area (Å²) in [4.78, 5) is 36.3. The lowest BCUT2D eigenvalue weighted by Gasteiger charge is -2.08. The molecule has 3 rings (SSSR count). The molecule has 2 N–H and O–H groups in total. The van der Waals surface area contributed by atoms with E-state index in [1.54, 1.807) is 30.3 Å². The van der Waals surface area contributed by atoms with Gasteiger partial charge in [0, 0.05) is 30.1 Å². The molecule has 1 aromatic heterocycles. The Morgan fingerprint density at radius 1 is 1.00 bits per heavy atom. The van der Waals surface area contributed by atoms with Crippen LogP contribution < -0.4 is 10.6 Å². The summed E-state index contributed by atoms with van der Waals surface area (Å²) in [5, 5.41) is 7.45. The normalized spacial score (nSPS) is 13.3. The Kier molecular flexibility index (Phi) is 5.05. The summed E-state index contributed by atoms with van der Waals surface area (Å²) in [6.07, 6.45) is 2.21. The monoisotopic (exact) mass is 342 g/mol. The molecule has 1 aromatic carbocycles. The zero-order valence-corrected chi connectivity index (χ0v) is 13.9. The highest BCUT2D eigenvalue weighted by molar-refractivity contribution is 7.12. The van der Waals surface area contributed by atoms with Gasteiger partial charge in [-0.15, -0.1) is 11.3 Å². The first-order valence-corrected chi connectivity index (χ1v) is 8.77. The zero-order chi connectivity index (χ0) is 16.9. The Morgan fingerprint density at radius 3 is 2.42 bits per heavy atom. The van der Waals surface area contributed by atoms with E-state index in [0.717, 1.165) is 12.8 Å². The van der Waals surface area contributed by atoms with E-state index in [0.29, 0.717) is 16.3 Å². The Bertz CT molecular complexity index is 751. The van der Waals surface area contributed by atoms with E-state index in [2.05, 4.69) is 10.6 Å². The standard InChI is InChI=1S/C18H18N2O3S/c21-15(16-5-2-10-24-16)8-9-17(22)19-13-3-1-4-14(11-13)20-18(23)12-6-7-12/h1-5,10-12H,6-9H2,(H,19,22)(H,20,23). The minimum atomic E-state index is -0.217. The summed E-state index contributed by atoms with van der Waals surface area (Å²) in [5.74, 6) is -0.0808. The summed E-state index contributed by atoms with van der Waals surface area (Å²) in [5.41, 5.74) is 1.27. The average Bonchev–Trinajstić information content (AvgIpc) is 3.28. The zero-order valence-electron chi connectivity index (χ0n) is 13.1. The van der Waals surface area contributed by atoms with Gasteiger partial charge in [-0.2, -0.15) is 0 Å². The molecule has 0 atom stereocenters. The van der Waals surface area contributed by atoms with Crippen LogP contribution in [0.4, 0.5) is 11.4 Å². The van der Waals surface area contributed by atoms with Crippen LogP contribution in [0.2, 0.25) is 0 Å². The quantitative estimate of drug-likeness (QED) is 0.753. The van der Waals surface area contributed by atoms with Crippen LogP contribution in [-0.2, 0) is 9.59 Å². The van der Waals surface area contributed by atoms with E-state index in [1.165, 1.54) is 11.3 Å².